The van der Waals surface area contributed by atoms with Crippen molar-refractivity contribution in [1.29, 1.82) is 0 Å². The van der Waals surface area contributed by atoms with Crippen LogP contribution in [-0.2, 0) is 21.4 Å². The molecule has 0 amide bonds. The number of nitrogens with zero attached hydrogens (tertiary/aromatic N) is 1. The third kappa shape index (κ3) is 3.57. The first-order valence-electron chi connectivity index (χ1n) is 9.29. The largest absolute Gasteiger partial charge is 0.466 e. The Morgan fingerprint density at radius 1 is 1.08 bits per heavy atom. The van der Waals surface area contributed by atoms with Crippen molar-refractivity contribution >= 4 is 27.6 Å². The summed E-state index contributed by atoms with van der Waals surface area (Å²) in [7, 11) is 0. The highest BCUT2D eigenvalue weighted by Crippen LogP contribution is 2.31. The zero-order valence-electron chi connectivity index (χ0n) is 16.3. The van der Waals surface area contributed by atoms with E-state index in [0.717, 1.165) is 22.0 Å². The smallest absolute Gasteiger partial charge is 0.309 e. The van der Waals surface area contributed by atoms with Crippen molar-refractivity contribution in [3.05, 3.63) is 53.7 Å². The molecule has 1 unspecified atom stereocenters. The zero-order valence-corrected chi connectivity index (χ0v) is 16.3. The second-order valence-electron chi connectivity index (χ2n) is 7.94. The number of carbonyl (C=O) groups excluding carboxylic acids is 1. The lowest BCUT2D eigenvalue weighted by atomic mass is 9.86. The number of ether oxygens (including phenoxy) is 1. The van der Waals surface area contributed by atoms with Gasteiger partial charge >= 0.3 is 5.97 Å². The molecule has 3 aromatic rings. The summed E-state index contributed by atoms with van der Waals surface area (Å²) in [6.45, 7) is 10.8. The molecule has 0 fully saturated rings. The second-order valence-corrected chi connectivity index (χ2v) is 7.94. The van der Waals surface area contributed by atoms with Crippen molar-refractivity contribution in [2.45, 2.75) is 46.5 Å². The Morgan fingerprint density at radius 3 is 2.42 bits per heavy atom. The molecule has 1 aromatic heterocycles. The average Bonchev–Trinajstić information content (AvgIpc) is 2.60. The van der Waals surface area contributed by atoms with E-state index in [-0.39, 0.29) is 17.3 Å². The van der Waals surface area contributed by atoms with E-state index in [0.29, 0.717) is 13.0 Å². The number of hydrogen-bond donors (Lipinski definition) is 0. The summed E-state index contributed by atoms with van der Waals surface area (Å²) in [4.78, 5) is 17.0. The Kier molecular flexibility index (Phi) is 4.99. The number of hydrogen-bond acceptors (Lipinski definition) is 3. The molecule has 0 saturated heterocycles. The molecule has 0 spiro atoms. The van der Waals surface area contributed by atoms with Crippen LogP contribution in [0.15, 0.2) is 42.5 Å². The van der Waals surface area contributed by atoms with Crippen molar-refractivity contribution in [1.82, 2.24) is 4.98 Å². The third-order valence-electron chi connectivity index (χ3n) is 4.84. The normalized spacial score (nSPS) is 13.1. The zero-order chi connectivity index (χ0) is 18.9. The van der Waals surface area contributed by atoms with Crippen LogP contribution in [0.3, 0.4) is 0 Å². The molecule has 1 atom stereocenters. The number of fused-ring (bicyclic) bond motifs is 3. The van der Waals surface area contributed by atoms with Crippen LogP contribution >= 0.6 is 0 Å². The molecule has 1 heterocycles. The summed E-state index contributed by atoms with van der Waals surface area (Å²) in [5.41, 5.74) is 3.28. The summed E-state index contributed by atoms with van der Waals surface area (Å²) in [5, 5.41) is 3.45. The van der Waals surface area contributed by atoms with Crippen LogP contribution < -0.4 is 0 Å². The van der Waals surface area contributed by atoms with E-state index < -0.39 is 0 Å². The molecular weight excluding hydrogens is 322 g/mol. The first-order chi connectivity index (χ1) is 12.3. The molecular formula is C23H27NO2. The minimum absolute atomic E-state index is 0.0693. The number of esters is 1. The highest BCUT2D eigenvalue weighted by Gasteiger charge is 2.19. The summed E-state index contributed by atoms with van der Waals surface area (Å²) in [5.74, 6) is -0.379. The van der Waals surface area contributed by atoms with Crippen molar-refractivity contribution in [3.63, 3.8) is 0 Å². The highest BCUT2D eigenvalue weighted by molar-refractivity contribution is 6.06. The fraction of sp³-hybridized carbons (Fsp3) is 0.391. The fourth-order valence-electron chi connectivity index (χ4n) is 3.31. The molecule has 3 nitrogen and oxygen atoms in total. The second kappa shape index (κ2) is 7.06. The van der Waals surface area contributed by atoms with Gasteiger partial charge in [0, 0.05) is 22.9 Å². The lowest BCUT2D eigenvalue weighted by molar-refractivity contribution is -0.147. The van der Waals surface area contributed by atoms with Crippen molar-refractivity contribution in [2.24, 2.45) is 5.92 Å². The van der Waals surface area contributed by atoms with Gasteiger partial charge in [0.1, 0.15) is 0 Å². The standard InChI is InChI=1S/C23H27NO2/c1-6-26-22(25)15(2)13-20-18-10-8-7-9-17(18)19-12-11-16(23(3,4)5)14-21(19)24-20/h7-12,14-15H,6,13H2,1-5H3. The third-order valence-corrected chi connectivity index (χ3v) is 4.84. The number of pyridine rings is 1. The molecule has 3 rings (SSSR count). The topological polar surface area (TPSA) is 39.2 Å². The van der Waals surface area contributed by atoms with Gasteiger partial charge in [0.05, 0.1) is 18.0 Å². The Labute approximate surface area is 155 Å². The van der Waals surface area contributed by atoms with Crippen molar-refractivity contribution in [2.75, 3.05) is 6.61 Å². The molecule has 0 bridgehead atoms. The van der Waals surface area contributed by atoms with Gasteiger partial charge in [-0.15, -0.1) is 0 Å². The SMILES string of the molecule is CCOC(=O)C(C)Cc1nc2cc(C(C)(C)C)ccc2c2ccccc12. The Morgan fingerprint density at radius 2 is 1.77 bits per heavy atom. The van der Waals surface area contributed by atoms with Gasteiger partial charge in [-0.1, -0.05) is 64.1 Å². The number of aromatic nitrogens is 1. The molecule has 0 aliphatic rings. The quantitative estimate of drug-likeness (QED) is 0.466. The summed E-state index contributed by atoms with van der Waals surface area (Å²) in [6.07, 6.45) is 0.578. The predicted octanol–water partition coefficient (Wildman–Crippen LogP) is 5.43. The fourth-order valence-corrected chi connectivity index (χ4v) is 3.31. The Hall–Kier alpha value is -2.42. The van der Waals surface area contributed by atoms with Crippen LogP contribution in [0.5, 0.6) is 0 Å². The molecule has 0 aliphatic carbocycles. The summed E-state index contributed by atoms with van der Waals surface area (Å²) in [6, 6.07) is 14.8. The van der Waals surface area contributed by atoms with E-state index in [1.807, 2.05) is 19.9 Å². The minimum Gasteiger partial charge on any atom is -0.466 e. The van der Waals surface area contributed by atoms with Crippen LogP contribution in [0.2, 0.25) is 0 Å². The van der Waals surface area contributed by atoms with E-state index >= 15 is 0 Å². The molecule has 26 heavy (non-hydrogen) atoms. The van der Waals surface area contributed by atoms with E-state index in [4.69, 9.17) is 9.72 Å². The Balaban J connectivity index is 2.15. The van der Waals surface area contributed by atoms with Crippen LogP contribution in [0.1, 0.15) is 45.9 Å². The van der Waals surface area contributed by atoms with Gasteiger partial charge in [0.25, 0.3) is 0 Å². The molecule has 0 aliphatic heterocycles. The van der Waals surface area contributed by atoms with Crippen molar-refractivity contribution < 1.29 is 9.53 Å². The number of benzene rings is 2. The van der Waals surface area contributed by atoms with Gasteiger partial charge in [-0.05, 0) is 29.4 Å². The number of carbonyl (C=O) groups is 1. The predicted molar refractivity (Wildman–Crippen MR) is 107 cm³/mol. The van der Waals surface area contributed by atoms with Crippen LogP contribution in [-0.4, -0.2) is 17.6 Å². The summed E-state index contributed by atoms with van der Waals surface area (Å²) >= 11 is 0. The maximum atomic E-state index is 12.1. The van der Waals surface area contributed by atoms with Gasteiger partial charge in [-0.25, -0.2) is 0 Å². The first kappa shape index (κ1) is 18.4. The van der Waals surface area contributed by atoms with Gasteiger partial charge < -0.3 is 4.74 Å². The molecule has 2 aromatic carbocycles. The summed E-state index contributed by atoms with van der Waals surface area (Å²) < 4.78 is 5.17. The molecule has 136 valence electrons. The van der Waals surface area contributed by atoms with Crippen molar-refractivity contribution in [3.8, 4) is 0 Å². The molecule has 0 radical (unpaired) electrons. The van der Waals surface area contributed by atoms with Crippen LogP contribution in [0.25, 0.3) is 21.7 Å². The van der Waals surface area contributed by atoms with Crippen LogP contribution in [0.4, 0.5) is 0 Å². The Bertz CT molecular complexity index is 953. The molecule has 3 heteroatoms. The van der Waals surface area contributed by atoms with Gasteiger partial charge in [0.2, 0.25) is 0 Å². The van der Waals surface area contributed by atoms with Gasteiger partial charge in [-0.2, -0.15) is 0 Å². The maximum absolute atomic E-state index is 12.1. The molecule has 0 saturated carbocycles. The highest BCUT2D eigenvalue weighted by atomic mass is 16.5. The molecule has 0 N–H and O–H groups in total. The monoisotopic (exact) mass is 349 g/mol. The van der Waals surface area contributed by atoms with E-state index in [1.165, 1.54) is 10.9 Å². The average molecular weight is 349 g/mol. The van der Waals surface area contributed by atoms with E-state index in [2.05, 4.69) is 57.2 Å². The van der Waals surface area contributed by atoms with Crippen LogP contribution in [0, 0.1) is 5.92 Å². The van der Waals surface area contributed by atoms with Gasteiger partial charge in [-0.3, -0.25) is 9.78 Å². The lowest BCUT2D eigenvalue weighted by Crippen LogP contribution is -2.17. The van der Waals surface area contributed by atoms with E-state index in [1.54, 1.807) is 0 Å². The number of rotatable bonds is 4. The lowest BCUT2D eigenvalue weighted by Gasteiger charge is -2.20. The minimum atomic E-state index is -0.214. The maximum Gasteiger partial charge on any atom is 0.309 e. The van der Waals surface area contributed by atoms with Gasteiger partial charge in [0.15, 0.2) is 0 Å². The van der Waals surface area contributed by atoms with E-state index in [9.17, 15) is 4.79 Å². The first-order valence-corrected chi connectivity index (χ1v) is 9.29.